The highest BCUT2D eigenvalue weighted by Gasteiger charge is 2.15. The fourth-order valence-electron chi connectivity index (χ4n) is 2.38. The van der Waals surface area contributed by atoms with E-state index >= 15 is 0 Å². The average Bonchev–Trinajstić information content (AvgIpc) is 3.21. The summed E-state index contributed by atoms with van der Waals surface area (Å²) in [6, 6.07) is 12.5. The zero-order valence-corrected chi connectivity index (χ0v) is 13.5. The van der Waals surface area contributed by atoms with Gasteiger partial charge in [-0.2, -0.15) is 5.10 Å². The van der Waals surface area contributed by atoms with Crippen LogP contribution in [0, 0.1) is 5.82 Å². The Morgan fingerprint density at radius 2 is 2.04 bits per heavy atom. The van der Waals surface area contributed by atoms with Crippen molar-refractivity contribution < 1.29 is 14.3 Å². The molecule has 0 aliphatic rings. The summed E-state index contributed by atoms with van der Waals surface area (Å²) in [5, 5.41) is 19.6. The standard InChI is InChI=1S/C17H11FN4O2S/c18-9-5-6-11-15(7-9)25-17(19-11)20-16(24)13-8-12(21-22-13)10-3-1-2-4-14(10)23/h1-8,23H,(H,21,22)(H,19,20,24). The molecule has 124 valence electrons. The van der Waals surface area contributed by atoms with Crippen LogP contribution in [0.2, 0.25) is 0 Å². The molecule has 6 nitrogen and oxygen atoms in total. The third-order valence-corrected chi connectivity index (χ3v) is 4.51. The molecule has 0 aliphatic heterocycles. The van der Waals surface area contributed by atoms with E-state index in [4.69, 9.17) is 0 Å². The first-order valence-corrected chi connectivity index (χ1v) is 8.13. The second-order valence-electron chi connectivity index (χ2n) is 5.27. The van der Waals surface area contributed by atoms with Crippen molar-refractivity contribution in [2.75, 3.05) is 5.32 Å². The predicted octanol–water partition coefficient (Wildman–Crippen LogP) is 3.78. The highest BCUT2D eigenvalue weighted by molar-refractivity contribution is 7.22. The number of nitrogens with one attached hydrogen (secondary N) is 2. The Morgan fingerprint density at radius 1 is 1.20 bits per heavy atom. The Balaban J connectivity index is 1.58. The van der Waals surface area contributed by atoms with Crippen molar-refractivity contribution in [1.82, 2.24) is 15.2 Å². The van der Waals surface area contributed by atoms with Crippen LogP contribution >= 0.6 is 11.3 Å². The molecule has 0 fully saturated rings. The Morgan fingerprint density at radius 3 is 2.88 bits per heavy atom. The van der Waals surface area contributed by atoms with Gasteiger partial charge in [0.25, 0.3) is 5.91 Å². The summed E-state index contributed by atoms with van der Waals surface area (Å²) < 4.78 is 13.9. The molecular formula is C17H11FN4O2S. The van der Waals surface area contributed by atoms with Crippen molar-refractivity contribution in [3.8, 4) is 17.0 Å². The second-order valence-corrected chi connectivity index (χ2v) is 6.30. The van der Waals surface area contributed by atoms with Crippen LogP contribution in [0.15, 0.2) is 48.5 Å². The molecule has 8 heteroatoms. The number of benzene rings is 2. The molecule has 4 rings (SSSR count). The number of thiazole rings is 1. The van der Waals surface area contributed by atoms with Crippen molar-refractivity contribution in [1.29, 1.82) is 0 Å². The fraction of sp³-hybridized carbons (Fsp3) is 0. The van der Waals surface area contributed by atoms with Crippen LogP contribution in [-0.2, 0) is 0 Å². The number of aromatic nitrogens is 3. The minimum atomic E-state index is -0.423. The topological polar surface area (TPSA) is 90.9 Å². The monoisotopic (exact) mass is 354 g/mol. The summed E-state index contributed by atoms with van der Waals surface area (Å²) in [6.07, 6.45) is 0. The maximum absolute atomic E-state index is 13.2. The van der Waals surface area contributed by atoms with Gasteiger partial charge in [0, 0.05) is 5.56 Å². The molecule has 0 aliphatic carbocycles. The van der Waals surface area contributed by atoms with E-state index in [1.807, 2.05) is 0 Å². The molecule has 4 aromatic rings. The highest BCUT2D eigenvalue weighted by Crippen LogP contribution is 2.29. The molecule has 0 bridgehead atoms. The van der Waals surface area contributed by atoms with E-state index in [1.54, 1.807) is 30.3 Å². The molecule has 0 saturated heterocycles. The van der Waals surface area contributed by atoms with E-state index < -0.39 is 5.91 Å². The Hall–Kier alpha value is -3.26. The lowest BCUT2D eigenvalue weighted by Gasteiger charge is -1.99. The molecule has 0 unspecified atom stereocenters. The Bertz CT molecular complexity index is 1090. The van der Waals surface area contributed by atoms with Gasteiger partial charge in [-0.1, -0.05) is 23.5 Å². The number of H-pyrrole nitrogens is 1. The molecule has 25 heavy (non-hydrogen) atoms. The number of halogens is 1. The third-order valence-electron chi connectivity index (χ3n) is 3.57. The Kier molecular flexibility index (Phi) is 3.66. The minimum absolute atomic E-state index is 0.0779. The summed E-state index contributed by atoms with van der Waals surface area (Å²) >= 11 is 1.18. The molecule has 0 atom stereocenters. The number of phenols is 1. The van der Waals surface area contributed by atoms with Gasteiger partial charge in [0.2, 0.25) is 0 Å². The first-order chi connectivity index (χ1) is 12.1. The SMILES string of the molecule is O=C(Nc1nc2ccc(F)cc2s1)c1cc(-c2ccccc2O)n[nH]1. The number of hydrogen-bond acceptors (Lipinski definition) is 5. The van der Waals surface area contributed by atoms with Crippen LogP contribution < -0.4 is 5.32 Å². The number of nitrogens with zero attached hydrogens (tertiary/aromatic N) is 2. The number of rotatable bonds is 3. The van der Waals surface area contributed by atoms with Gasteiger partial charge in [-0.3, -0.25) is 15.2 Å². The molecule has 2 aromatic heterocycles. The number of carbonyl (C=O) groups is 1. The van der Waals surface area contributed by atoms with Crippen molar-refractivity contribution in [2.45, 2.75) is 0 Å². The molecule has 2 heterocycles. The molecule has 3 N–H and O–H groups in total. The van der Waals surface area contributed by atoms with Crippen LogP contribution in [0.4, 0.5) is 9.52 Å². The number of para-hydroxylation sites is 1. The zero-order valence-electron chi connectivity index (χ0n) is 12.7. The summed E-state index contributed by atoms with van der Waals surface area (Å²) in [7, 11) is 0. The zero-order chi connectivity index (χ0) is 17.4. The first kappa shape index (κ1) is 15.3. The second kappa shape index (κ2) is 5.99. The first-order valence-electron chi connectivity index (χ1n) is 7.31. The molecular weight excluding hydrogens is 343 g/mol. The van der Waals surface area contributed by atoms with Crippen LogP contribution in [-0.4, -0.2) is 26.2 Å². The number of phenolic OH excluding ortho intramolecular Hbond substituents is 1. The van der Waals surface area contributed by atoms with E-state index in [0.29, 0.717) is 26.6 Å². The van der Waals surface area contributed by atoms with Gasteiger partial charge < -0.3 is 5.11 Å². The number of fused-ring (bicyclic) bond motifs is 1. The third kappa shape index (κ3) is 2.94. The van der Waals surface area contributed by atoms with Gasteiger partial charge in [0.15, 0.2) is 5.13 Å². The summed E-state index contributed by atoms with van der Waals surface area (Å²) in [6.45, 7) is 0. The maximum Gasteiger partial charge on any atom is 0.275 e. The predicted molar refractivity (Wildman–Crippen MR) is 93.2 cm³/mol. The van der Waals surface area contributed by atoms with Crippen molar-refractivity contribution >= 4 is 32.6 Å². The quantitative estimate of drug-likeness (QED) is 0.522. The lowest BCUT2D eigenvalue weighted by molar-refractivity contribution is 0.102. The average molecular weight is 354 g/mol. The number of amides is 1. The van der Waals surface area contributed by atoms with Crippen molar-refractivity contribution in [3.63, 3.8) is 0 Å². The smallest absolute Gasteiger partial charge is 0.275 e. The molecule has 0 radical (unpaired) electrons. The van der Waals surface area contributed by atoms with Gasteiger partial charge in [-0.15, -0.1) is 0 Å². The Labute approximate surface area is 145 Å². The molecule has 0 saturated carbocycles. The molecule has 0 spiro atoms. The summed E-state index contributed by atoms with van der Waals surface area (Å²) in [5.41, 5.74) is 1.81. The van der Waals surface area contributed by atoms with E-state index in [-0.39, 0.29) is 17.3 Å². The van der Waals surface area contributed by atoms with E-state index in [9.17, 15) is 14.3 Å². The van der Waals surface area contributed by atoms with Crippen molar-refractivity contribution in [2.24, 2.45) is 0 Å². The van der Waals surface area contributed by atoms with Gasteiger partial charge in [-0.25, -0.2) is 9.37 Å². The normalized spacial score (nSPS) is 10.9. The largest absolute Gasteiger partial charge is 0.507 e. The highest BCUT2D eigenvalue weighted by atomic mass is 32.1. The minimum Gasteiger partial charge on any atom is -0.507 e. The molecule has 2 aromatic carbocycles. The van der Waals surface area contributed by atoms with E-state index in [2.05, 4.69) is 20.5 Å². The number of aromatic hydroxyl groups is 1. The van der Waals surface area contributed by atoms with Gasteiger partial charge in [-0.05, 0) is 36.4 Å². The van der Waals surface area contributed by atoms with Gasteiger partial charge in [0.05, 0.1) is 15.9 Å². The van der Waals surface area contributed by atoms with E-state index in [1.165, 1.54) is 29.5 Å². The van der Waals surface area contributed by atoms with Gasteiger partial charge in [0.1, 0.15) is 17.3 Å². The number of hydrogen-bond donors (Lipinski definition) is 3. The molecule has 1 amide bonds. The van der Waals surface area contributed by atoms with Crippen LogP contribution in [0.25, 0.3) is 21.5 Å². The van der Waals surface area contributed by atoms with Crippen molar-refractivity contribution in [3.05, 3.63) is 60.0 Å². The summed E-state index contributed by atoms with van der Waals surface area (Å²) in [5.74, 6) is -0.697. The maximum atomic E-state index is 13.2. The lowest BCUT2D eigenvalue weighted by Crippen LogP contribution is -2.11. The number of anilines is 1. The van der Waals surface area contributed by atoms with E-state index in [0.717, 1.165) is 0 Å². The van der Waals surface area contributed by atoms with Crippen LogP contribution in [0.1, 0.15) is 10.5 Å². The van der Waals surface area contributed by atoms with Gasteiger partial charge >= 0.3 is 0 Å². The van der Waals surface area contributed by atoms with Crippen LogP contribution in [0.5, 0.6) is 5.75 Å². The fourth-order valence-corrected chi connectivity index (χ4v) is 3.27. The summed E-state index contributed by atoms with van der Waals surface area (Å²) in [4.78, 5) is 16.6. The van der Waals surface area contributed by atoms with Crippen LogP contribution in [0.3, 0.4) is 0 Å². The number of aromatic amines is 1. The number of carbonyl (C=O) groups excluding carboxylic acids is 1. The lowest BCUT2D eigenvalue weighted by atomic mass is 10.1.